The van der Waals surface area contributed by atoms with E-state index in [2.05, 4.69) is 30.6 Å². The summed E-state index contributed by atoms with van der Waals surface area (Å²) >= 11 is 0. The Morgan fingerprint density at radius 3 is 2.10 bits per heavy atom. The van der Waals surface area contributed by atoms with Crippen molar-refractivity contribution < 1.29 is 4.79 Å². The van der Waals surface area contributed by atoms with Gasteiger partial charge >= 0.3 is 0 Å². The summed E-state index contributed by atoms with van der Waals surface area (Å²) in [6.45, 7) is 14.3. The van der Waals surface area contributed by atoms with Crippen LogP contribution in [-0.4, -0.2) is 66.5 Å². The summed E-state index contributed by atoms with van der Waals surface area (Å²) in [7, 11) is 0. The molecule has 2 rings (SSSR count). The Kier molecular flexibility index (Phi) is 6.49. The minimum atomic E-state index is 0.342. The van der Waals surface area contributed by atoms with Gasteiger partial charge in [-0.2, -0.15) is 0 Å². The van der Waals surface area contributed by atoms with Crippen LogP contribution in [-0.2, 0) is 4.79 Å². The molecular formula is C17H33N3O. The molecule has 1 amide bonds. The zero-order valence-electron chi connectivity index (χ0n) is 14.2. The minimum Gasteiger partial charge on any atom is -0.340 e. The van der Waals surface area contributed by atoms with Crippen molar-refractivity contribution in [2.24, 2.45) is 11.8 Å². The van der Waals surface area contributed by atoms with Crippen LogP contribution in [0.5, 0.6) is 0 Å². The fourth-order valence-electron chi connectivity index (χ4n) is 3.55. The molecule has 2 aliphatic heterocycles. The number of carbonyl (C=O) groups excluding carboxylic acids is 1. The Labute approximate surface area is 130 Å². The third-order valence-corrected chi connectivity index (χ3v) is 5.16. The van der Waals surface area contributed by atoms with Gasteiger partial charge in [0.25, 0.3) is 0 Å². The fourth-order valence-corrected chi connectivity index (χ4v) is 3.55. The number of piperazine rings is 1. The van der Waals surface area contributed by atoms with Crippen molar-refractivity contribution in [2.45, 2.75) is 46.5 Å². The number of rotatable bonds is 5. The molecule has 0 aromatic heterocycles. The summed E-state index contributed by atoms with van der Waals surface area (Å²) in [5.41, 5.74) is 0. The lowest BCUT2D eigenvalue weighted by atomic mass is 9.87. The first-order valence-corrected chi connectivity index (χ1v) is 8.82. The molecule has 122 valence electrons. The number of amides is 1. The predicted molar refractivity (Wildman–Crippen MR) is 87.1 cm³/mol. The van der Waals surface area contributed by atoms with E-state index in [0.717, 1.165) is 51.1 Å². The van der Waals surface area contributed by atoms with Gasteiger partial charge in [0.1, 0.15) is 0 Å². The molecule has 4 heteroatoms. The summed E-state index contributed by atoms with van der Waals surface area (Å²) in [5.74, 6) is 2.10. The molecule has 2 aliphatic rings. The molecule has 0 N–H and O–H groups in total. The average molecular weight is 295 g/mol. The monoisotopic (exact) mass is 295 g/mol. The van der Waals surface area contributed by atoms with E-state index in [9.17, 15) is 4.79 Å². The van der Waals surface area contributed by atoms with E-state index in [1.807, 2.05) is 4.90 Å². The van der Waals surface area contributed by atoms with Gasteiger partial charge < -0.3 is 4.90 Å². The van der Waals surface area contributed by atoms with Crippen LogP contribution in [0.2, 0.25) is 0 Å². The smallest absolute Gasteiger partial charge is 0.222 e. The largest absolute Gasteiger partial charge is 0.340 e. The summed E-state index contributed by atoms with van der Waals surface area (Å²) in [6, 6.07) is 0. The van der Waals surface area contributed by atoms with E-state index < -0.39 is 0 Å². The zero-order valence-corrected chi connectivity index (χ0v) is 14.2. The van der Waals surface area contributed by atoms with Crippen molar-refractivity contribution in [3.8, 4) is 0 Å². The van der Waals surface area contributed by atoms with Gasteiger partial charge in [-0.1, -0.05) is 20.8 Å². The van der Waals surface area contributed by atoms with Crippen molar-refractivity contribution in [1.82, 2.24) is 14.7 Å². The van der Waals surface area contributed by atoms with Crippen LogP contribution >= 0.6 is 0 Å². The molecule has 2 saturated heterocycles. The first kappa shape index (κ1) is 16.8. The van der Waals surface area contributed by atoms with Crippen molar-refractivity contribution >= 4 is 5.91 Å². The van der Waals surface area contributed by atoms with Crippen LogP contribution in [0.25, 0.3) is 0 Å². The molecule has 0 aliphatic carbocycles. The number of carbonyl (C=O) groups is 1. The quantitative estimate of drug-likeness (QED) is 0.778. The zero-order chi connectivity index (χ0) is 15.2. The summed E-state index contributed by atoms with van der Waals surface area (Å²) in [6.07, 6.45) is 4.38. The van der Waals surface area contributed by atoms with E-state index in [1.165, 1.54) is 25.9 Å². The van der Waals surface area contributed by atoms with Crippen LogP contribution in [0.3, 0.4) is 0 Å². The Morgan fingerprint density at radius 1 is 1.00 bits per heavy atom. The third kappa shape index (κ3) is 4.96. The maximum atomic E-state index is 11.9. The predicted octanol–water partition coefficient (Wildman–Crippen LogP) is 2.26. The molecule has 0 saturated carbocycles. The highest BCUT2D eigenvalue weighted by atomic mass is 16.2. The average Bonchev–Trinajstić information content (AvgIpc) is 2.49. The number of hydrogen-bond donors (Lipinski definition) is 0. The number of piperidine rings is 1. The van der Waals surface area contributed by atoms with Gasteiger partial charge in [-0.25, -0.2) is 0 Å². The maximum absolute atomic E-state index is 11.9. The van der Waals surface area contributed by atoms with Gasteiger partial charge in [-0.15, -0.1) is 0 Å². The van der Waals surface area contributed by atoms with Gasteiger partial charge in [0.05, 0.1) is 6.67 Å². The van der Waals surface area contributed by atoms with Crippen molar-refractivity contribution in [3.63, 3.8) is 0 Å². The normalized spacial score (nSPS) is 23.0. The highest BCUT2D eigenvalue weighted by Crippen LogP contribution is 2.24. The standard InChI is InChI=1S/C17H33N3O/c1-4-5-17(21)20-12-10-19(11-13-20)14-18-8-6-16(7-9-18)15(2)3/h15-16H,4-14H2,1-3H3. The van der Waals surface area contributed by atoms with E-state index in [0.29, 0.717) is 12.3 Å². The van der Waals surface area contributed by atoms with E-state index in [4.69, 9.17) is 0 Å². The Balaban J connectivity index is 1.66. The van der Waals surface area contributed by atoms with E-state index >= 15 is 0 Å². The van der Waals surface area contributed by atoms with Crippen molar-refractivity contribution in [2.75, 3.05) is 45.9 Å². The highest BCUT2D eigenvalue weighted by molar-refractivity contribution is 5.76. The maximum Gasteiger partial charge on any atom is 0.222 e. The Morgan fingerprint density at radius 2 is 1.57 bits per heavy atom. The summed E-state index contributed by atoms with van der Waals surface area (Å²) in [5, 5.41) is 0. The number of hydrogen-bond acceptors (Lipinski definition) is 3. The number of likely N-dealkylation sites (tertiary alicyclic amines) is 1. The second-order valence-electron chi connectivity index (χ2n) is 7.09. The van der Waals surface area contributed by atoms with Gasteiger partial charge in [0, 0.05) is 32.6 Å². The molecule has 4 nitrogen and oxygen atoms in total. The lowest BCUT2D eigenvalue weighted by molar-refractivity contribution is -0.133. The molecule has 2 heterocycles. The van der Waals surface area contributed by atoms with Crippen molar-refractivity contribution in [1.29, 1.82) is 0 Å². The molecule has 0 spiro atoms. The fraction of sp³-hybridized carbons (Fsp3) is 0.941. The topological polar surface area (TPSA) is 26.8 Å². The van der Waals surface area contributed by atoms with Crippen LogP contribution in [0, 0.1) is 11.8 Å². The van der Waals surface area contributed by atoms with Crippen LogP contribution in [0.15, 0.2) is 0 Å². The van der Waals surface area contributed by atoms with Gasteiger partial charge in [-0.3, -0.25) is 14.6 Å². The van der Waals surface area contributed by atoms with Crippen LogP contribution in [0.4, 0.5) is 0 Å². The van der Waals surface area contributed by atoms with Crippen LogP contribution < -0.4 is 0 Å². The summed E-state index contributed by atoms with van der Waals surface area (Å²) < 4.78 is 0. The van der Waals surface area contributed by atoms with Gasteiger partial charge in [-0.05, 0) is 44.2 Å². The first-order valence-electron chi connectivity index (χ1n) is 8.82. The second-order valence-corrected chi connectivity index (χ2v) is 7.09. The summed E-state index contributed by atoms with van der Waals surface area (Å²) in [4.78, 5) is 19.1. The molecule has 0 radical (unpaired) electrons. The molecule has 0 aromatic carbocycles. The molecule has 0 atom stereocenters. The Hall–Kier alpha value is -0.610. The minimum absolute atomic E-state index is 0.342. The van der Waals surface area contributed by atoms with E-state index in [-0.39, 0.29) is 0 Å². The second kappa shape index (κ2) is 8.14. The lowest BCUT2D eigenvalue weighted by Gasteiger charge is -2.40. The van der Waals surface area contributed by atoms with E-state index in [1.54, 1.807) is 0 Å². The van der Waals surface area contributed by atoms with Crippen molar-refractivity contribution in [3.05, 3.63) is 0 Å². The molecule has 0 bridgehead atoms. The molecule has 21 heavy (non-hydrogen) atoms. The van der Waals surface area contributed by atoms with Crippen LogP contribution in [0.1, 0.15) is 46.5 Å². The third-order valence-electron chi connectivity index (χ3n) is 5.16. The van der Waals surface area contributed by atoms with Gasteiger partial charge in [0.15, 0.2) is 0 Å². The molecule has 0 aromatic rings. The first-order chi connectivity index (χ1) is 10.1. The Bertz CT molecular complexity index is 316. The van der Waals surface area contributed by atoms with Gasteiger partial charge in [0.2, 0.25) is 5.91 Å². The number of nitrogens with zero attached hydrogens (tertiary/aromatic N) is 3. The lowest BCUT2D eigenvalue weighted by Crippen LogP contribution is -2.52. The SMILES string of the molecule is CCCC(=O)N1CCN(CN2CCC(C(C)C)CC2)CC1. The highest BCUT2D eigenvalue weighted by Gasteiger charge is 2.25. The molecule has 0 unspecified atom stereocenters. The molecule has 2 fully saturated rings. The molecular weight excluding hydrogens is 262 g/mol.